The van der Waals surface area contributed by atoms with E-state index in [1.54, 1.807) is 6.26 Å². The minimum absolute atomic E-state index is 0.0456. The second kappa shape index (κ2) is 11.0. The maximum Gasteiger partial charge on any atom is 0.253 e. The van der Waals surface area contributed by atoms with Crippen molar-refractivity contribution >= 4 is 17.3 Å². The van der Waals surface area contributed by atoms with Crippen LogP contribution in [-0.4, -0.2) is 33.4 Å². The third-order valence-electron chi connectivity index (χ3n) is 8.68. The van der Waals surface area contributed by atoms with Crippen LogP contribution in [0, 0.1) is 12.8 Å². The quantitative estimate of drug-likeness (QED) is 0.345. The number of amides is 1. The maximum atomic E-state index is 13.5. The summed E-state index contributed by atoms with van der Waals surface area (Å²) in [5.41, 5.74) is 6.78. The van der Waals surface area contributed by atoms with Gasteiger partial charge in [0, 0.05) is 35.8 Å². The van der Waals surface area contributed by atoms with E-state index in [4.69, 9.17) is 0 Å². The van der Waals surface area contributed by atoms with E-state index in [0.29, 0.717) is 12.5 Å². The second-order valence-corrected chi connectivity index (χ2v) is 15.0. The van der Waals surface area contributed by atoms with Crippen molar-refractivity contribution in [2.24, 2.45) is 5.92 Å². The predicted octanol–water partition coefficient (Wildman–Crippen LogP) is 6.78. The number of carbonyl (C=O) groups excluding carboxylic acids is 1. The average Bonchev–Trinajstić information content (AvgIpc) is 3.51. The van der Waals surface area contributed by atoms with Gasteiger partial charge in [0.2, 0.25) is 0 Å². The molecule has 1 aromatic heterocycles. The zero-order chi connectivity index (χ0) is 27.9. The molecule has 5 nitrogen and oxygen atoms in total. The summed E-state index contributed by atoms with van der Waals surface area (Å²) in [4.78, 5) is 13.5. The number of nitrogens with zero attached hydrogens (tertiary/aromatic N) is 1. The van der Waals surface area contributed by atoms with Crippen LogP contribution in [0.2, 0.25) is 0 Å². The number of benzene rings is 1. The van der Waals surface area contributed by atoms with Gasteiger partial charge >= 0.3 is 0 Å². The predicted molar refractivity (Wildman–Crippen MR) is 160 cm³/mol. The summed E-state index contributed by atoms with van der Waals surface area (Å²) in [7, 11) is 0. The molecule has 2 aliphatic rings. The Kier molecular flexibility index (Phi) is 8.47. The van der Waals surface area contributed by atoms with Gasteiger partial charge < -0.3 is 14.4 Å². The third-order valence-corrected chi connectivity index (χ3v) is 9.52. The van der Waals surface area contributed by atoms with Crippen LogP contribution in [0.3, 0.4) is 0 Å². The van der Waals surface area contributed by atoms with Crippen LogP contribution in [0.15, 0.2) is 24.3 Å². The standard InChI is InChI=1S/C32H49N3O2S/c1-22-27(29(36)33-21-31(5,6)34-38(8)37)19-28(35(22)20-23-12-10-9-11-13-23)24-16-25(30(2,3)4)18-26(17-24)32(7)14-15-32/h16-19,23,34H,9-15,20-21H2,1-8H3,(H,33,36). The SMILES string of the molecule is Cc1c(C(=O)NCC(C)(C)N[S+](C)[O-])cc(-c2cc(C(C)(C)C)cc(C3(C)CC3)c2)n1CC1CCCCC1. The lowest BCUT2D eigenvalue weighted by Crippen LogP contribution is -2.51. The lowest BCUT2D eigenvalue weighted by molar-refractivity contribution is 0.0943. The molecule has 1 atom stereocenters. The Morgan fingerprint density at radius 2 is 1.74 bits per heavy atom. The molecule has 38 heavy (non-hydrogen) atoms. The summed E-state index contributed by atoms with van der Waals surface area (Å²) < 4.78 is 17.2. The van der Waals surface area contributed by atoms with Gasteiger partial charge in [0.25, 0.3) is 5.91 Å². The number of nitrogens with one attached hydrogen (secondary N) is 2. The lowest BCUT2D eigenvalue weighted by atomic mass is 9.82. The van der Waals surface area contributed by atoms with Crippen LogP contribution in [-0.2, 0) is 28.7 Å². The van der Waals surface area contributed by atoms with Gasteiger partial charge in [-0.2, -0.15) is 0 Å². The molecule has 0 saturated heterocycles. The summed E-state index contributed by atoms with van der Waals surface area (Å²) in [6.07, 6.45) is 10.6. The Bertz CT molecular complexity index is 1120. The first kappa shape index (κ1) is 29.2. The van der Waals surface area contributed by atoms with E-state index < -0.39 is 16.9 Å². The van der Waals surface area contributed by atoms with Crippen LogP contribution >= 0.6 is 0 Å². The van der Waals surface area contributed by atoms with Crippen LogP contribution in [0.1, 0.15) is 114 Å². The number of rotatable bonds is 9. The first-order valence-corrected chi connectivity index (χ1v) is 16.0. The minimum atomic E-state index is -1.15. The van der Waals surface area contributed by atoms with Crippen molar-refractivity contribution in [3.8, 4) is 11.3 Å². The van der Waals surface area contributed by atoms with Gasteiger partial charge in [-0.1, -0.05) is 53.0 Å². The molecule has 6 heteroatoms. The van der Waals surface area contributed by atoms with Gasteiger partial charge in [-0.3, -0.25) is 4.79 Å². The van der Waals surface area contributed by atoms with E-state index in [2.05, 4.69) is 73.5 Å². The zero-order valence-corrected chi connectivity index (χ0v) is 25.7. The average molecular weight is 540 g/mol. The summed E-state index contributed by atoms with van der Waals surface area (Å²) in [5.74, 6) is 0.586. The van der Waals surface area contributed by atoms with E-state index >= 15 is 0 Å². The van der Waals surface area contributed by atoms with Crippen molar-refractivity contribution in [1.82, 2.24) is 14.6 Å². The Labute approximate surface area is 233 Å². The first-order valence-electron chi connectivity index (χ1n) is 14.4. The van der Waals surface area contributed by atoms with E-state index in [1.165, 1.54) is 61.6 Å². The molecule has 1 aromatic carbocycles. The number of aromatic nitrogens is 1. The fourth-order valence-corrected chi connectivity index (χ4v) is 6.68. The highest BCUT2D eigenvalue weighted by Gasteiger charge is 2.40. The molecule has 2 fully saturated rings. The molecule has 0 spiro atoms. The largest absolute Gasteiger partial charge is 0.598 e. The van der Waals surface area contributed by atoms with Gasteiger partial charge in [-0.15, -0.1) is 4.72 Å². The molecule has 2 aromatic rings. The summed E-state index contributed by atoms with van der Waals surface area (Å²) in [6, 6.07) is 9.27. The molecule has 2 N–H and O–H groups in total. The van der Waals surface area contributed by atoms with Crippen LogP contribution in [0.5, 0.6) is 0 Å². The highest BCUT2D eigenvalue weighted by atomic mass is 32.2. The van der Waals surface area contributed by atoms with Gasteiger partial charge in [-0.05, 0) is 98.1 Å². The van der Waals surface area contributed by atoms with Crippen molar-refractivity contribution in [2.75, 3.05) is 12.8 Å². The van der Waals surface area contributed by atoms with Gasteiger partial charge in [0.05, 0.1) is 11.1 Å². The second-order valence-electron chi connectivity index (χ2n) is 13.9. The molecule has 4 rings (SSSR count). The Balaban J connectivity index is 1.74. The first-order chi connectivity index (χ1) is 17.7. The summed E-state index contributed by atoms with van der Waals surface area (Å²) in [5, 5.41) is 3.11. The molecular formula is C32H49N3O2S. The number of hydrogen-bond acceptors (Lipinski definition) is 3. The van der Waals surface area contributed by atoms with Gasteiger partial charge in [0.15, 0.2) is 0 Å². The smallest absolute Gasteiger partial charge is 0.253 e. The lowest BCUT2D eigenvalue weighted by Gasteiger charge is -2.26. The number of carbonyl (C=O) groups is 1. The molecule has 2 aliphatic carbocycles. The Hall–Kier alpha value is -1.76. The monoisotopic (exact) mass is 539 g/mol. The highest BCUT2D eigenvalue weighted by molar-refractivity contribution is 7.88. The summed E-state index contributed by atoms with van der Waals surface area (Å²) >= 11 is -1.15. The molecule has 1 amide bonds. The minimum Gasteiger partial charge on any atom is -0.598 e. The van der Waals surface area contributed by atoms with Crippen molar-refractivity contribution in [3.63, 3.8) is 0 Å². The van der Waals surface area contributed by atoms with Crippen molar-refractivity contribution in [3.05, 3.63) is 46.6 Å². The molecule has 0 aliphatic heterocycles. The van der Waals surface area contributed by atoms with Gasteiger partial charge in [0.1, 0.15) is 6.26 Å². The molecule has 210 valence electrons. The fourth-order valence-electron chi connectivity index (χ4n) is 5.83. The van der Waals surface area contributed by atoms with Crippen molar-refractivity contribution < 1.29 is 9.35 Å². The molecular weight excluding hydrogens is 490 g/mol. The third kappa shape index (κ3) is 6.86. The zero-order valence-electron chi connectivity index (χ0n) is 24.9. The Morgan fingerprint density at radius 1 is 1.08 bits per heavy atom. The summed E-state index contributed by atoms with van der Waals surface area (Å²) in [6.45, 7) is 16.6. The normalized spacial score (nSPS) is 18.9. The van der Waals surface area contributed by atoms with Crippen LogP contribution < -0.4 is 10.0 Å². The van der Waals surface area contributed by atoms with Gasteiger partial charge in [-0.25, -0.2) is 0 Å². The highest BCUT2D eigenvalue weighted by Crippen LogP contribution is 2.49. The molecule has 1 unspecified atom stereocenters. The molecule has 2 saturated carbocycles. The van der Waals surface area contributed by atoms with E-state index in [1.807, 2.05) is 13.8 Å². The number of hydrogen-bond donors (Lipinski definition) is 2. The fraction of sp³-hybridized carbons (Fsp3) is 0.656. The van der Waals surface area contributed by atoms with E-state index in [9.17, 15) is 9.35 Å². The molecule has 0 radical (unpaired) electrons. The van der Waals surface area contributed by atoms with Crippen LogP contribution in [0.4, 0.5) is 0 Å². The molecule has 1 heterocycles. The van der Waals surface area contributed by atoms with Crippen molar-refractivity contribution in [2.45, 2.75) is 116 Å². The topological polar surface area (TPSA) is 69.1 Å². The maximum absolute atomic E-state index is 13.5. The Morgan fingerprint density at radius 3 is 2.32 bits per heavy atom. The van der Waals surface area contributed by atoms with Crippen molar-refractivity contribution in [1.29, 1.82) is 0 Å². The molecule has 0 bridgehead atoms. The van der Waals surface area contributed by atoms with E-state index in [0.717, 1.165) is 23.5 Å². The van der Waals surface area contributed by atoms with Crippen LogP contribution in [0.25, 0.3) is 11.3 Å². The van der Waals surface area contributed by atoms with E-state index in [-0.39, 0.29) is 16.7 Å².